The molecule has 1 amide bonds. The molecule has 0 saturated carbocycles. The number of carboxylic acid groups (broad SMARTS) is 1. The van der Waals surface area contributed by atoms with Gasteiger partial charge in [0.1, 0.15) is 0 Å². The first-order valence-electron chi connectivity index (χ1n) is 8.05. The Morgan fingerprint density at radius 3 is 2.19 bits per heavy atom. The van der Waals surface area contributed by atoms with Gasteiger partial charge < -0.3 is 10.4 Å². The normalized spacial score (nSPS) is 13.6. The molecule has 2 aromatic carbocycles. The molecule has 0 bridgehead atoms. The maximum absolute atomic E-state index is 12.5. The molecule has 0 aliphatic carbocycles. The van der Waals surface area contributed by atoms with Gasteiger partial charge in [-0.2, -0.15) is 0 Å². The van der Waals surface area contributed by atoms with Crippen molar-refractivity contribution in [2.75, 3.05) is 6.26 Å². The van der Waals surface area contributed by atoms with Crippen molar-refractivity contribution in [3.63, 3.8) is 0 Å². The number of amides is 1. The molecular weight excluding hydrogens is 354 g/mol. The van der Waals surface area contributed by atoms with Gasteiger partial charge in [0.25, 0.3) is 0 Å². The van der Waals surface area contributed by atoms with Crippen LogP contribution in [0, 0.1) is 5.92 Å². The fourth-order valence-electron chi connectivity index (χ4n) is 2.71. The first-order chi connectivity index (χ1) is 12.2. The quantitative estimate of drug-likeness (QED) is 0.773. The zero-order valence-electron chi connectivity index (χ0n) is 14.5. The summed E-state index contributed by atoms with van der Waals surface area (Å²) in [6.07, 6.45) is 0.932. The number of rotatable bonds is 7. The van der Waals surface area contributed by atoms with Gasteiger partial charge in [-0.25, -0.2) is 8.42 Å². The van der Waals surface area contributed by atoms with Crippen LogP contribution in [0.1, 0.15) is 24.1 Å². The summed E-state index contributed by atoms with van der Waals surface area (Å²) in [5, 5.41) is 12.1. The Morgan fingerprint density at radius 1 is 1.04 bits per heavy atom. The van der Waals surface area contributed by atoms with Gasteiger partial charge in [-0.3, -0.25) is 9.59 Å². The third kappa shape index (κ3) is 4.92. The van der Waals surface area contributed by atoms with Crippen molar-refractivity contribution >= 4 is 21.7 Å². The third-order valence-corrected chi connectivity index (χ3v) is 5.29. The number of sulfone groups is 1. The zero-order valence-corrected chi connectivity index (χ0v) is 15.4. The van der Waals surface area contributed by atoms with Crippen LogP contribution >= 0.6 is 0 Å². The standard InChI is InChI=1S/C19H21NO5S/c1-13(19(22)23)18(14-8-4-3-5-9-14)20-17(21)12-15-10-6-7-11-16(15)26(2,24)25/h3-11,13,18H,12H2,1-2H3,(H,20,21)(H,22,23). The second-order valence-electron chi connectivity index (χ2n) is 6.14. The number of benzene rings is 2. The average molecular weight is 375 g/mol. The number of nitrogens with one attached hydrogen (secondary N) is 1. The lowest BCUT2D eigenvalue weighted by atomic mass is 9.94. The molecule has 0 aliphatic heterocycles. The van der Waals surface area contributed by atoms with Gasteiger partial charge in [-0.1, -0.05) is 48.5 Å². The van der Waals surface area contributed by atoms with Crippen molar-refractivity contribution in [2.45, 2.75) is 24.3 Å². The molecule has 2 atom stereocenters. The van der Waals surface area contributed by atoms with Gasteiger partial charge in [0.15, 0.2) is 9.84 Å². The number of carbonyl (C=O) groups excluding carboxylic acids is 1. The molecule has 0 spiro atoms. The molecule has 2 aromatic rings. The summed E-state index contributed by atoms with van der Waals surface area (Å²) in [5.41, 5.74) is 1.05. The zero-order chi connectivity index (χ0) is 19.3. The van der Waals surface area contributed by atoms with Crippen LogP contribution in [-0.2, 0) is 25.8 Å². The number of carboxylic acids is 1. The van der Waals surface area contributed by atoms with Crippen LogP contribution < -0.4 is 5.32 Å². The van der Waals surface area contributed by atoms with E-state index in [4.69, 9.17) is 0 Å². The summed E-state index contributed by atoms with van der Waals surface area (Å²) >= 11 is 0. The third-order valence-electron chi connectivity index (χ3n) is 4.09. The second kappa shape index (κ2) is 8.14. The summed E-state index contributed by atoms with van der Waals surface area (Å²) in [6.45, 7) is 1.52. The summed E-state index contributed by atoms with van der Waals surface area (Å²) in [6, 6.07) is 14.4. The Balaban J connectivity index is 2.25. The molecule has 0 aromatic heterocycles. The van der Waals surface area contributed by atoms with E-state index in [0.29, 0.717) is 11.1 Å². The molecule has 0 heterocycles. The summed E-state index contributed by atoms with van der Waals surface area (Å²) in [5.74, 6) is -2.31. The SMILES string of the molecule is CC(C(=O)O)C(NC(=O)Cc1ccccc1S(C)(=O)=O)c1ccccc1. The first-order valence-corrected chi connectivity index (χ1v) is 9.94. The van der Waals surface area contributed by atoms with E-state index in [-0.39, 0.29) is 11.3 Å². The van der Waals surface area contributed by atoms with Gasteiger partial charge in [0.05, 0.1) is 23.3 Å². The Bertz CT molecular complexity index is 893. The number of aliphatic carboxylic acids is 1. The van der Waals surface area contributed by atoms with Crippen molar-refractivity contribution in [3.8, 4) is 0 Å². The van der Waals surface area contributed by atoms with Crippen molar-refractivity contribution in [2.24, 2.45) is 5.92 Å². The van der Waals surface area contributed by atoms with Crippen molar-refractivity contribution in [1.82, 2.24) is 5.32 Å². The maximum Gasteiger partial charge on any atom is 0.308 e. The predicted molar refractivity (Wildman–Crippen MR) is 97.4 cm³/mol. The molecule has 0 radical (unpaired) electrons. The van der Waals surface area contributed by atoms with Crippen LogP contribution in [0.4, 0.5) is 0 Å². The lowest BCUT2D eigenvalue weighted by Crippen LogP contribution is -2.36. The van der Waals surface area contributed by atoms with Crippen LogP contribution in [0.5, 0.6) is 0 Å². The van der Waals surface area contributed by atoms with Gasteiger partial charge in [-0.05, 0) is 24.1 Å². The highest BCUT2D eigenvalue weighted by Crippen LogP contribution is 2.23. The largest absolute Gasteiger partial charge is 0.481 e. The lowest BCUT2D eigenvalue weighted by molar-refractivity contribution is -0.142. The summed E-state index contributed by atoms with van der Waals surface area (Å²) < 4.78 is 23.7. The highest BCUT2D eigenvalue weighted by molar-refractivity contribution is 7.90. The highest BCUT2D eigenvalue weighted by Gasteiger charge is 2.27. The Kier molecular flexibility index (Phi) is 6.15. The minimum atomic E-state index is -3.46. The first kappa shape index (κ1) is 19.7. The topological polar surface area (TPSA) is 101 Å². The van der Waals surface area contributed by atoms with Gasteiger partial charge in [0, 0.05) is 6.26 Å². The fourth-order valence-corrected chi connectivity index (χ4v) is 3.65. The molecule has 2 unspecified atom stereocenters. The predicted octanol–water partition coefficient (Wildman–Crippen LogP) is 2.21. The summed E-state index contributed by atoms with van der Waals surface area (Å²) in [7, 11) is -3.46. The molecule has 6 nitrogen and oxygen atoms in total. The van der Waals surface area contributed by atoms with Gasteiger partial charge >= 0.3 is 5.97 Å². The smallest absolute Gasteiger partial charge is 0.308 e. The number of hydrogen-bond donors (Lipinski definition) is 2. The van der Waals surface area contributed by atoms with E-state index in [1.54, 1.807) is 48.5 Å². The molecule has 0 saturated heterocycles. The molecule has 138 valence electrons. The molecule has 2 rings (SSSR count). The van der Waals surface area contributed by atoms with E-state index in [1.807, 2.05) is 0 Å². The molecule has 7 heteroatoms. The van der Waals surface area contributed by atoms with Crippen molar-refractivity contribution < 1.29 is 23.1 Å². The van der Waals surface area contributed by atoms with Crippen LogP contribution in [-0.4, -0.2) is 31.7 Å². The highest BCUT2D eigenvalue weighted by atomic mass is 32.2. The van der Waals surface area contributed by atoms with Crippen molar-refractivity contribution in [1.29, 1.82) is 0 Å². The monoisotopic (exact) mass is 375 g/mol. The maximum atomic E-state index is 12.5. The molecule has 0 aliphatic rings. The molecule has 26 heavy (non-hydrogen) atoms. The number of hydrogen-bond acceptors (Lipinski definition) is 4. The van der Waals surface area contributed by atoms with E-state index in [9.17, 15) is 23.1 Å². The van der Waals surface area contributed by atoms with E-state index >= 15 is 0 Å². The molecular formula is C19H21NO5S. The Morgan fingerprint density at radius 2 is 1.62 bits per heavy atom. The molecule has 2 N–H and O–H groups in total. The fraction of sp³-hybridized carbons (Fsp3) is 0.263. The lowest BCUT2D eigenvalue weighted by Gasteiger charge is -2.23. The average Bonchev–Trinajstić information content (AvgIpc) is 2.59. The van der Waals surface area contributed by atoms with Crippen LogP contribution in [0.25, 0.3) is 0 Å². The van der Waals surface area contributed by atoms with Gasteiger partial charge in [0.2, 0.25) is 5.91 Å². The molecule has 0 fully saturated rings. The van der Waals surface area contributed by atoms with E-state index in [1.165, 1.54) is 13.0 Å². The number of carbonyl (C=O) groups is 2. The van der Waals surface area contributed by atoms with Crippen LogP contribution in [0.3, 0.4) is 0 Å². The Hall–Kier alpha value is -2.67. The van der Waals surface area contributed by atoms with Crippen molar-refractivity contribution in [3.05, 3.63) is 65.7 Å². The van der Waals surface area contributed by atoms with E-state index in [2.05, 4.69) is 5.32 Å². The van der Waals surface area contributed by atoms with E-state index < -0.39 is 33.7 Å². The van der Waals surface area contributed by atoms with Gasteiger partial charge in [-0.15, -0.1) is 0 Å². The minimum Gasteiger partial charge on any atom is -0.481 e. The van der Waals surface area contributed by atoms with Crippen LogP contribution in [0.2, 0.25) is 0 Å². The van der Waals surface area contributed by atoms with Crippen LogP contribution in [0.15, 0.2) is 59.5 Å². The van der Waals surface area contributed by atoms with E-state index in [0.717, 1.165) is 6.26 Å². The summed E-state index contributed by atoms with van der Waals surface area (Å²) in [4.78, 5) is 24.0. The second-order valence-corrected chi connectivity index (χ2v) is 8.12. The minimum absolute atomic E-state index is 0.0951. The Labute approximate surface area is 152 Å².